The van der Waals surface area contributed by atoms with Crippen LogP contribution in [-0.2, 0) is 6.54 Å². The molecule has 0 saturated heterocycles. The average molecular weight is 444 g/mol. The van der Waals surface area contributed by atoms with E-state index in [1.165, 1.54) is 17.1 Å². The van der Waals surface area contributed by atoms with Gasteiger partial charge in [0.2, 0.25) is 0 Å². The standard InChI is InChI=1S/C18H15N.C13H14N2/c1-4-10-16(11-5-1)19(17-12-6-2-7-13-17)18-14-8-3-9-15-18;14-9-10-4-3-5-11(8-10)12-6-1-2-7-13(12)15/h1-15H;1-8H,9,14-15H2. The van der Waals surface area contributed by atoms with Gasteiger partial charge in [-0.2, -0.15) is 0 Å². The summed E-state index contributed by atoms with van der Waals surface area (Å²) in [5.74, 6) is 0. The summed E-state index contributed by atoms with van der Waals surface area (Å²) in [6.07, 6.45) is 0. The molecule has 0 spiro atoms. The van der Waals surface area contributed by atoms with E-state index in [9.17, 15) is 0 Å². The average Bonchev–Trinajstić information content (AvgIpc) is 2.91. The van der Waals surface area contributed by atoms with E-state index < -0.39 is 0 Å². The molecule has 3 heteroatoms. The van der Waals surface area contributed by atoms with Crippen LogP contribution in [-0.4, -0.2) is 0 Å². The van der Waals surface area contributed by atoms with Gasteiger partial charge < -0.3 is 16.4 Å². The Balaban J connectivity index is 0.000000166. The summed E-state index contributed by atoms with van der Waals surface area (Å²) in [6, 6.07) is 47.2. The summed E-state index contributed by atoms with van der Waals surface area (Å²) in [5, 5.41) is 0. The fourth-order valence-corrected chi connectivity index (χ4v) is 3.80. The maximum Gasteiger partial charge on any atom is 0.0461 e. The molecule has 0 heterocycles. The van der Waals surface area contributed by atoms with E-state index >= 15 is 0 Å². The van der Waals surface area contributed by atoms with Crippen LogP contribution in [0, 0.1) is 0 Å². The fraction of sp³-hybridized carbons (Fsp3) is 0.0323. The summed E-state index contributed by atoms with van der Waals surface area (Å²) in [7, 11) is 0. The molecule has 0 aliphatic rings. The SMILES string of the molecule is NCc1cccc(-c2ccccc2N)c1.c1ccc(N(c2ccccc2)c2ccccc2)cc1. The van der Waals surface area contributed by atoms with Gasteiger partial charge in [-0.1, -0.05) is 91.0 Å². The number of hydrogen-bond donors (Lipinski definition) is 2. The maximum absolute atomic E-state index is 5.91. The van der Waals surface area contributed by atoms with E-state index in [0.717, 1.165) is 22.4 Å². The second kappa shape index (κ2) is 11.5. The molecule has 0 unspecified atom stereocenters. The lowest BCUT2D eigenvalue weighted by Gasteiger charge is -2.25. The van der Waals surface area contributed by atoms with Crippen molar-refractivity contribution in [3.63, 3.8) is 0 Å². The number of rotatable bonds is 5. The fourth-order valence-electron chi connectivity index (χ4n) is 3.80. The van der Waals surface area contributed by atoms with Crippen molar-refractivity contribution in [3.8, 4) is 11.1 Å². The molecule has 5 rings (SSSR count). The Morgan fingerprint density at radius 2 is 0.971 bits per heavy atom. The first-order valence-corrected chi connectivity index (χ1v) is 11.4. The quantitative estimate of drug-likeness (QED) is 0.276. The van der Waals surface area contributed by atoms with Crippen molar-refractivity contribution in [2.24, 2.45) is 5.73 Å². The molecule has 0 atom stereocenters. The summed E-state index contributed by atoms with van der Waals surface area (Å²) >= 11 is 0. The number of nitrogens with two attached hydrogens (primary N) is 2. The van der Waals surface area contributed by atoms with Crippen molar-refractivity contribution >= 4 is 22.7 Å². The second-order valence-corrected chi connectivity index (χ2v) is 7.83. The van der Waals surface area contributed by atoms with Gasteiger partial charge in [-0.3, -0.25) is 0 Å². The first-order valence-electron chi connectivity index (χ1n) is 11.4. The molecule has 5 aromatic rings. The molecule has 0 aromatic heterocycles. The molecule has 34 heavy (non-hydrogen) atoms. The first kappa shape index (κ1) is 22.8. The van der Waals surface area contributed by atoms with Crippen LogP contribution in [0.2, 0.25) is 0 Å². The Kier molecular flexibility index (Phi) is 7.73. The van der Waals surface area contributed by atoms with Gasteiger partial charge in [0.1, 0.15) is 0 Å². The topological polar surface area (TPSA) is 55.3 Å². The Hall–Kier alpha value is -4.34. The van der Waals surface area contributed by atoms with Gasteiger partial charge in [0.15, 0.2) is 0 Å². The molecule has 4 N–H and O–H groups in total. The highest BCUT2D eigenvalue weighted by molar-refractivity contribution is 5.77. The molecule has 0 saturated carbocycles. The predicted molar refractivity (Wildman–Crippen MR) is 145 cm³/mol. The minimum Gasteiger partial charge on any atom is -0.398 e. The van der Waals surface area contributed by atoms with E-state index in [1.807, 2.05) is 60.7 Å². The number of hydrogen-bond acceptors (Lipinski definition) is 3. The minimum absolute atomic E-state index is 0.556. The molecule has 3 nitrogen and oxygen atoms in total. The molecule has 0 radical (unpaired) electrons. The number of para-hydroxylation sites is 4. The zero-order chi connectivity index (χ0) is 23.6. The highest BCUT2D eigenvalue weighted by atomic mass is 15.1. The van der Waals surface area contributed by atoms with E-state index in [1.54, 1.807) is 0 Å². The molecule has 5 aromatic carbocycles. The van der Waals surface area contributed by atoms with Crippen molar-refractivity contribution in [2.45, 2.75) is 6.54 Å². The summed E-state index contributed by atoms with van der Waals surface area (Å²) in [4.78, 5) is 2.25. The molecule has 168 valence electrons. The Morgan fingerprint density at radius 3 is 1.44 bits per heavy atom. The molecular weight excluding hydrogens is 414 g/mol. The predicted octanol–water partition coefficient (Wildman–Crippen LogP) is 7.55. The van der Waals surface area contributed by atoms with Crippen molar-refractivity contribution in [1.29, 1.82) is 0 Å². The van der Waals surface area contributed by atoms with E-state index in [2.05, 4.69) is 83.8 Å². The van der Waals surface area contributed by atoms with Crippen LogP contribution in [0.4, 0.5) is 22.7 Å². The Bertz CT molecular complexity index is 1190. The van der Waals surface area contributed by atoms with Crippen molar-refractivity contribution in [3.05, 3.63) is 145 Å². The molecular formula is C31H29N3. The smallest absolute Gasteiger partial charge is 0.0461 e. The van der Waals surface area contributed by atoms with E-state index in [4.69, 9.17) is 11.5 Å². The number of anilines is 4. The van der Waals surface area contributed by atoms with Gasteiger partial charge in [-0.05, 0) is 59.7 Å². The highest BCUT2D eigenvalue weighted by Gasteiger charge is 2.10. The van der Waals surface area contributed by atoms with Crippen LogP contribution in [0.5, 0.6) is 0 Å². The Morgan fingerprint density at radius 1 is 0.500 bits per heavy atom. The molecule has 0 amide bonds. The molecule has 0 aliphatic heterocycles. The van der Waals surface area contributed by atoms with Gasteiger partial charge in [0.25, 0.3) is 0 Å². The van der Waals surface area contributed by atoms with Gasteiger partial charge in [0.05, 0.1) is 0 Å². The molecule has 0 fully saturated rings. The molecule has 0 bridgehead atoms. The number of benzene rings is 5. The van der Waals surface area contributed by atoms with Crippen LogP contribution < -0.4 is 16.4 Å². The largest absolute Gasteiger partial charge is 0.398 e. The third kappa shape index (κ3) is 5.71. The van der Waals surface area contributed by atoms with E-state index in [0.29, 0.717) is 6.54 Å². The number of nitrogen functional groups attached to an aromatic ring is 1. The van der Waals surface area contributed by atoms with Crippen molar-refractivity contribution in [2.75, 3.05) is 10.6 Å². The van der Waals surface area contributed by atoms with Gasteiger partial charge in [-0.15, -0.1) is 0 Å². The number of nitrogens with zero attached hydrogens (tertiary/aromatic N) is 1. The second-order valence-electron chi connectivity index (χ2n) is 7.83. The van der Waals surface area contributed by atoms with Gasteiger partial charge >= 0.3 is 0 Å². The maximum atomic E-state index is 5.91. The van der Waals surface area contributed by atoms with E-state index in [-0.39, 0.29) is 0 Å². The van der Waals surface area contributed by atoms with Gasteiger partial charge in [-0.25, -0.2) is 0 Å². The van der Waals surface area contributed by atoms with Crippen LogP contribution in [0.3, 0.4) is 0 Å². The summed E-state index contributed by atoms with van der Waals surface area (Å²) in [5.41, 5.74) is 19.1. The third-order valence-electron chi connectivity index (χ3n) is 5.48. The highest BCUT2D eigenvalue weighted by Crippen LogP contribution is 2.33. The Labute approximate surface area is 201 Å². The third-order valence-corrected chi connectivity index (χ3v) is 5.48. The van der Waals surface area contributed by atoms with Crippen LogP contribution in [0.25, 0.3) is 11.1 Å². The first-order chi connectivity index (χ1) is 16.8. The lowest BCUT2D eigenvalue weighted by molar-refractivity contribution is 1.07. The zero-order valence-corrected chi connectivity index (χ0v) is 19.1. The zero-order valence-electron chi connectivity index (χ0n) is 19.1. The minimum atomic E-state index is 0.556. The molecule has 0 aliphatic carbocycles. The van der Waals surface area contributed by atoms with Crippen molar-refractivity contribution < 1.29 is 0 Å². The summed E-state index contributed by atoms with van der Waals surface area (Å²) in [6.45, 7) is 0.556. The summed E-state index contributed by atoms with van der Waals surface area (Å²) < 4.78 is 0. The normalized spacial score (nSPS) is 10.1. The lowest BCUT2D eigenvalue weighted by Crippen LogP contribution is -2.09. The van der Waals surface area contributed by atoms with Crippen LogP contribution in [0.15, 0.2) is 140 Å². The van der Waals surface area contributed by atoms with Crippen LogP contribution in [0.1, 0.15) is 5.56 Å². The monoisotopic (exact) mass is 443 g/mol. The lowest BCUT2D eigenvalue weighted by atomic mass is 10.0. The van der Waals surface area contributed by atoms with Crippen LogP contribution >= 0.6 is 0 Å². The van der Waals surface area contributed by atoms with Crippen molar-refractivity contribution in [1.82, 2.24) is 0 Å². The van der Waals surface area contributed by atoms with Gasteiger partial charge in [0, 0.05) is 34.9 Å².